The monoisotopic (exact) mass is 297 g/mol. The van der Waals surface area contributed by atoms with Crippen molar-refractivity contribution in [2.45, 2.75) is 43.2 Å². The topological polar surface area (TPSA) is 12.0 Å². The summed E-state index contributed by atoms with van der Waals surface area (Å²) in [6.07, 6.45) is 3.61. The number of nitrogens with one attached hydrogen (secondary N) is 1. The number of thioether (sulfide) groups is 1. The van der Waals surface area contributed by atoms with Gasteiger partial charge in [0.15, 0.2) is 0 Å². The molecule has 3 rings (SSSR count). The van der Waals surface area contributed by atoms with Crippen molar-refractivity contribution in [1.82, 2.24) is 5.32 Å². The molecule has 0 bridgehead atoms. The van der Waals surface area contributed by atoms with E-state index in [1.807, 2.05) is 11.8 Å². The Hall–Kier alpha value is -1.25. The molecule has 1 aliphatic rings. The van der Waals surface area contributed by atoms with Crippen molar-refractivity contribution in [1.29, 1.82) is 0 Å². The van der Waals surface area contributed by atoms with E-state index in [-0.39, 0.29) is 0 Å². The molecule has 0 aromatic heterocycles. The van der Waals surface area contributed by atoms with Crippen LogP contribution in [0.2, 0.25) is 0 Å². The molecule has 0 spiro atoms. The first-order chi connectivity index (χ1) is 10.4. The van der Waals surface area contributed by atoms with Gasteiger partial charge in [0.05, 0.1) is 0 Å². The molecule has 0 aliphatic carbocycles. The third-order valence-corrected chi connectivity index (χ3v) is 5.26. The molecule has 0 fully saturated rings. The molecule has 0 amide bonds. The standard InChI is InChI=1S/C19H23NS/c1-2-8-17(15-9-4-3-5-10-15)20-18-13-14-21-19-12-7-6-11-16(18)19/h3-7,9-12,17-18,20H,2,8,13-14H2,1H3. The van der Waals surface area contributed by atoms with E-state index in [9.17, 15) is 0 Å². The third kappa shape index (κ3) is 3.50. The Morgan fingerprint density at radius 2 is 1.86 bits per heavy atom. The highest BCUT2D eigenvalue weighted by molar-refractivity contribution is 7.99. The van der Waals surface area contributed by atoms with Gasteiger partial charge in [0.25, 0.3) is 0 Å². The predicted molar refractivity (Wildman–Crippen MR) is 91.8 cm³/mol. The van der Waals surface area contributed by atoms with Crippen LogP contribution in [0, 0.1) is 0 Å². The van der Waals surface area contributed by atoms with Crippen LogP contribution in [0.1, 0.15) is 49.4 Å². The minimum Gasteiger partial charge on any atom is -0.303 e. The van der Waals surface area contributed by atoms with Gasteiger partial charge in [-0.3, -0.25) is 0 Å². The number of fused-ring (bicyclic) bond motifs is 1. The van der Waals surface area contributed by atoms with E-state index in [2.05, 4.69) is 66.8 Å². The predicted octanol–water partition coefficient (Wildman–Crippen LogP) is 5.35. The molecule has 1 heterocycles. The Balaban J connectivity index is 1.81. The molecular weight excluding hydrogens is 274 g/mol. The van der Waals surface area contributed by atoms with Crippen molar-refractivity contribution in [2.75, 3.05) is 5.75 Å². The SMILES string of the molecule is CCCC(NC1CCSc2ccccc21)c1ccccc1. The van der Waals surface area contributed by atoms with Crippen LogP contribution >= 0.6 is 11.8 Å². The van der Waals surface area contributed by atoms with Gasteiger partial charge >= 0.3 is 0 Å². The summed E-state index contributed by atoms with van der Waals surface area (Å²) in [4.78, 5) is 1.45. The fraction of sp³-hybridized carbons (Fsp3) is 0.368. The molecule has 1 aliphatic heterocycles. The maximum absolute atomic E-state index is 3.92. The minimum absolute atomic E-state index is 0.456. The van der Waals surface area contributed by atoms with Gasteiger partial charge in [0.2, 0.25) is 0 Å². The molecule has 21 heavy (non-hydrogen) atoms. The quantitative estimate of drug-likeness (QED) is 0.798. The number of hydrogen-bond donors (Lipinski definition) is 1. The first-order valence-electron chi connectivity index (χ1n) is 7.91. The Bertz CT molecular complexity index is 567. The van der Waals surface area contributed by atoms with Crippen LogP contribution in [-0.4, -0.2) is 5.75 Å². The summed E-state index contributed by atoms with van der Waals surface area (Å²) < 4.78 is 0. The molecule has 0 saturated carbocycles. The molecule has 2 atom stereocenters. The van der Waals surface area contributed by atoms with E-state index in [0.29, 0.717) is 12.1 Å². The summed E-state index contributed by atoms with van der Waals surface area (Å²) in [5.74, 6) is 1.21. The van der Waals surface area contributed by atoms with E-state index in [0.717, 1.165) is 0 Å². The van der Waals surface area contributed by atoms with Gasteiger partial charge < -0.3 is 5.32 Å². The van der Waals surface area contributed by atoms with Crippen molar-refractivity contribution >= 4 is 11.8 Å². The third-order valence-electron chi connectivity index (χ3n) is 4.14. The van der Waals surface area contributed by atoms with Gasteiger partial charge in [0, 0.05) is 17.0 Å². The van der Waals surface area contributed by atoms with Crippen molar-refractivity contribution in [3.63, 3.8) is 0 Å². The summed E-state index contributed by atoms with van der Waals surface area (Å²) in [7, 11) is 0. The minimum atomic E-state index is 0.456. The normalized spacial score (nSPS) is 19.0. The Morgan fingerprint density at radius 3 is 2.67 bits per heavy atom. The lowest BCUT2D eigenvalue weighted by atomic mass is 9.97. The first-order valence-corrected chi connectivity index (χ1v) is 8.89. The summed E-state index contributed by atoms with van der Waals surface area (Å²) in [5, 5.41) is 3.92. The van der Waals surface area contributed by atoms with Crippen molar-refractivity contribution in [3.05, 3.63) is 65.7 Å². The van der Waals surface area contributed by atoms with Gasteiger partial charge in [-0.2, -0.15) is 0 Å². The maximum Gasteiger partial charge on any atom is 0.0344 e. The zero-order valence-corrected chi connectivity index (χ0v) is 13.4. The molecule has 1 N–H and O–H groups in total. The zero-order valence-electron chi connectivity index (χ0n) is 12.6. The number of benzene rings is 2. The van der Waals surface area contributed by atoms with Crippen LogP contribution in [0.5, 0.6) is 0 Å². The molecule has 2 aromatic carbocycles. The lowest BCUT2D eigenvalue weighted by Gasteiger charge is -2.30. The van der Waals surface area contributed by atoms with Crippen molar-refractivity contribution < 1.29 is 0 Å². The van der Waals surface area contributed by atoms with E-state index in [4.69, 9.17) is 0 Å². The van der Waals surface area contributed by atoms with Crippen LogP contribution in [0.3, 0.4) is 0 Å². The van der Waals surface area contributed by atoms with Crippen molar-refractivity contribution in [2.24, 2.45) is 0 Å². The van der Waals surface area contributed by atoms with Gasteiger partial charge in [-0.05, 0) is 35.8 Å². The maximum atomic E-state index is 3.92. The molecule has 110 valence electrons. The zero-order chi connectivity index (χ0) is 14.5. The van der Waals surface area contributed by atoms with Crippen LogP contribution < -0.4 is 5.32 Å². The average molecular weight is 297 g/mol. The van der Waals surface area contributed by atoms with Gasteiger partial charge in [-0.25, -0.2) is 0 Å². The molecule has 2 unspecified atom stereocenters. The molecule has 2 aromatic rings. The second-order valence-corrected chi connectivity index (χ2v) is 6.78. The second kappa shape index (κ2) is 7.15. The highest BCUT2D eigenvalue weighted by Gasteiger charge is 2.23. The smallest absolute Gasteiger partial charge is 0.0344 e. The van der Waals surface area contributed by atoms with Crippen LogP contribution in [-0.2, 0) is 0 Å². The summed E-state index contributed by atoms with van der Waals surface area (Å²) in [6, 6.07) is 20.7. The Kier molecular flexibility index (Phi) is 5.00. The van der Waals surface area contributed by atoms with E-state index < -0.39 is 0 Å². The first kappa shape index (κ1) is 14.7. The molecule has 0 radical (unpaired) electrons. The highest BCUT2D eigenvalue weighted by Crippen LogP contribution is 2.37. The number of rotatable bonds is 5. The van der Waals surface area contributed by atoms with Crippen molar-refractivity contribution in [3.8, 4) is 0 Å². The van der Waals surface area contributed by atoms with Crippen LogP contribution in [0.25, 0.3) is 0 Å². The highest BCUT2D eigenvalue weighted by atomic mass is 32.2. The van der Waals surface area contributed by atoms with Gasteiger partial charge in [0.1, 0.15) is 0 Å². The largest absolute Gasteiger partial charge is 0.303 e. The second-order valence-electron chi connectivity index (χ2n) is 5.65. The number of hydrogen-bond acceptors (Lipinski definition) is 2. The van der Waals surface area contributed by atoms with E-state index in [1.54, 1.807) is 0 Å². The molecule has 0 saturated heterocycles. The summed E-state index contributed by atoms with van der Waals surface area (Å²) in [5.41, 5.74) is 2.89. The van der Waals surface area contributed by atoms with Crippen LogP contribution in [0.15, 0.2) is 59.5 Å². The molecule has 2 heteroatoms. The van der Waals surface area contributed by atoms with Crippen LogP contribution in [0.4, 0.5) is 0 Å². The van der Waals surface area contributed by atoms with Gasteiger partial charge in [-0.1, -0.05) is 61.9 Å². The Labute approximate surface area is 132 Å². The fourth-order valence-corrected chi connectivity index (χ4v) is 4.20. The Morgan fingerprint density at radius 1 is 1.10 bits per heavy atom. The van der Waals surface area contributed by atoms with E-state index in [1.165, 1.54) is 41.0 Å². The summed E-state index contributed by atoms with van der Waals surface area (Å²) in [6.45, 7) is 2.27. The average Bonchev–Trinajstić information content (AvgIpc) is 2.55. The molecule has 1 nitrogen and oxygen atoms in total. The lowest BCUT2D eigenvalue weighted by Crippen LogP contribution is -2.28. The fourth-order valence-electron chi connectivity index (χ4n) is 3.08. The lowest BCUT2D eigenvalue weighted by molar-refractivity contribution is 0.408. The van der Waals surface area contributed by atoms with Gasteiger partial charge in [-0.15, -0.1) is 11.8 Å². The molecular formula is C19H23NS. The summed E-state index contributed by atoms with van der Waals surface area (Å²) >= 11 is 1.99. The van der Waals surface area contributed by atoms with E-state index >= 15 is 0 Å².